The molecule has 146 valence electrons. The molecule has 25 heavy (non-hydrogen) atoms. The van der Waals surface area contributed by atoms with Crippen LogP contribution in [0.1, 0.15) is 25.7 Å². The molecule has 3 heterocycles. The van der Waals surface area contributed by atoms with Crippen molar-refractivity contribution in [3.05, 3.63) is 0 Å². The zero-order chi connectivity index (χ0) is 17.6. The molecule has 0 amide bonds. The zero-order valence-corrected chi connectivity index (χ0v) is 18.6. The molecule has 0 aromatic heterocycles. The molecule has 0 atom stereocenters. The van der Waals surface area contributed by atoms with Crippen LogP contribution in [0, 0.1) is 0 Å². The lowest BCUT2D eigenvalue weighted by Crippen LogP contribution is -2.44. The summed E-state index contributed by atoms with van der Waals surface area (Å²) in [5.41, 5.74) is 0. The van der Waals surface area contributed by atoms with Gasteiger partial charge in [-0.1, -0.05) is 23.9 Å². The predicted octanol–water partition coefficient (Wildman–Crippen LogP) is 2.58. The second-order valence-corrected chi connectivity index (χ2v) is 11.8. The highest BCUT2D eigenvalue weighted by Gasteiger charge is 2.26. The Morgan fingerprint density at radius 3 is 1.80 bits per heavy atom. The minimum absolute atomic E-state index is 0.814. The Balaban J connectivity index is 1.29. The molecule has 0 spiro atoms. The van der Waals surface area contributed by atoms with Crippen molar-refractivity contribution in [2.75, 3.05) is 73.5 Å². The summed E-state index contributed by atoms with van der Waals surface area (Å²) in [6.45, 7) is 9.87. The Hall–Kier alpha value is 0.850. The van der Waals surface area contributed by atoms with E-state index in [9.17, 15) is 0 Å². The molecule has 0 aliphatic carbocycles. The fourth-order valence-corrected chi connectivity index (χ4v) is 6.90. The Morgan fingerprint density at radius 1 is 0.680 bits per heavy atom. The number of piperidine rings is 2. The van der Waals surface area contributed by atoms with E-state index in [1.807, 2.05) is 24.1 Å². The fraction of sp³-hybridized carbons (Fsp3) is 1.00. The largest absolute Gasteiger partial charge is 0.306 e. The topological polar surface area (TPSA) is 16.2 Å². The Labute approximate surface area is 167 Å². The van der Waals surface area contributed by atoms with E-state index in [0.717, 1.165) is 10.5 Å². The molecule has 3 aliphatic rings. The third-order valence-electron chi connectivity index (χ3n) is 5.15. The molecule has 3 rings (SSSR count). The maximum atomic E-state index is 2.63. The van der Waals surface area contributed by atoms with E-state index in [-0.39, 0.29) is 0 Å². The molecule has 3 fully saturated rings. The van der Waals surface area contributed by atoms with Crippen LogP contribution in [0.3, 0.4) is 0 Å². The lowest BCUT2D eigenvalue weighted by Gasteiger charge is -2.39. The molecule has 3 saturated heterocycles. The molecular weight excluding hydrogens is 370 g/mol. The maximum absolute atomic E-state index is 2.63. The molecule has 5 nitrogen and oxygen atoms in total. The Bertz CT molecular complexity index is 376. The fourth-order valence-electron chi connectivity index (χ4n) is 3.64. The van der Waals surface area contributed by atoms with Gasteiger partial charge in [-0.25, -0.2) is 12.9 Å². The minimum atomic E-state index is 0.814. The first-order chi connectivity index (χ1) is 12.1. The molecule has 0 bridgehead atoms. The summed E-state index contributed by atoms with van der Waals surface area (Å²) in [6, 6.07) is 0. The van der Waals surface area contributed by atoms with Crippen molar-refractivity contribution in [2.45, 2.75) is 36.2 Å². The number of hydrogen-bond acceptors (Lipinski definition) is 8. The summed E-state index contributed by atoms with van der Waals surface area (Å²) in [6.07, 6.45) is 5.36. The van der Waals surface area contributed by atoms with Gasteiger partial charge in [0.05, 0.1) is 0 Å². The van der Waals surface area contributed by atoms with Gasteiger partial charge in [-0.15, -0.1) is 0 Å². The quantitative estimate of drug-likeness (QED) is 0.619. The SMILES string of the molecule is CN1CCC(SN2CCN(SN3CCC(SN(C)C)CC3)CC2)CC1. The van der Waals surface area contributed by atoms with E-state index < -0.39 is 0 Å². The predicted molar refractivity (Wildman–Crippen MR) is 115 cm³/mol. The van der Waals surface area contributed by atoms with E-state index in [1.165, 1.54) is 78.0 Å². The van der Waals surface area contributed by atoms with Gasteiger partial charge in [0.2, 0.25) is 0 Å². The van der Waals surface area contributed by atoms with Crippen LogP contribution in [-0.2, 0) is 0 Å². The number of nitrogens with zero attached hydrogens (tertiary/aromatic N) is 5. The minimum Gasteiger partial charge on any atom is -0.306 e. The third-order valence-corrected chi connectivity index (χ3v) is 8.97. The molecule has 3 aliphatic heterocycles. The molecular formula is C17H35N5S3. The Kier molecular flexibility index (Phi) is 8.57. The highest BCUT2D eigenvalue weighted by molar-refractivity contribution is 7.97. The van der Waals surface area contributed by atoms with Crippen molar-refractivity contribution >= 4 is 36.0 Å². The van der Waals surface area contributed by atoms with Gasteiger partial charge >= 0.3 is 0 Å². The Morgan fingerprint density at radius 2 is 1.20 bits per heavy atom. The van der Waals surface area contributed by atoms with Gasteiger partial charge in [-0.3, -0.25) is 4.31 Å². The third kappa shape index (κ3) is 7.07. The summed E-state index contributed by atoms with van der Waals surface area (Å²) >= 11 is 6.17. The van der Waals surface area contributed by atoms with Gasteiger partial charge in [0.15, 0.2) is 0 Å². The lowest BCUT2D eigenvalue weighted by molar-refractivity contribution is 0.271. The first kappa shape index (κ1) is 20.6. The average molecular weight is 406 g/mol. The second kappa shape index (κ2) is 10.4. The molecule has 0 unspecified atom stereocenters. The van der Waals surface area contributed by atoms with Gasteiger partial charge in [-0.05, 0) is 59.9 Å². The lowest BCUT2D eigenvalue weighted by atomic mass is 10.1. The van der Waals surface area contributed by atoms with Crippen LogP contribution in [0.4, 0.5) is 0 Å². The van der Waals surface area contributed by atoms with E-state index in [0.29, 0.717) is 0 Å². The molecule has 0 N–H and O–H groups in total. The summed E-state index contributed by atoms with van der Waals surface area (Å²) in [5.74, 6) is 0. The van der Waals surface area contributed by atoms with Crippen LogP contribution in [0.25, 0.3) is 0 Å². The second-order valence-electron chi connectivity index (χ2n) is 7.59. The number of piperazine rings is 1. The zero-order valence-electron chi connectivity index (χ0n) is 16.1. The van der Waals surface area contributed by atoms with Crippen molar-refractivity contribution in [3.8, 4) is 0 Å². The molecule has 8 heteroatoms. The standard InChI is InChI=1S/C17H35N5S3/c1-18(2)23-16-6-10-21(11-7-16)25-22-14-12-20(13-15-22)24-17-4-8-19(3)9-5-17/h16-17H,4-15H2,1-3H3. The van der Waals surface area contributed by atoms with Crippen LogP contribution < -0.4 is 0 Å². The van der Waals surface area contributed by atoms with Crippen molar-refractivity contribution in [1.82, 2.24) is 22.1 Å². The molecule has 0 aromatic rings. The van der Waals surface area contributed by atoms with E-state index in [2.05, 4.69) is 55.2 Å². The molecule has 0 aromatic carbocycles. The summed E-state index contributed by atoms with van der Waals surface area (Å²) in [5, 5.41) is 1.67. The highest BCUT2D eigenvalue weighted by atomic mass is 32.2. The van der Waals surface area contributed by atoms with Gasteiger partial charge in [-0.2, -0.15) is 0 Å². The number of hydrogen-bond donors (Lipinski definition) is 0. The molecule has 0 radical (unpaired) electrons. The first-order valence-corrected chi connectivity index (χ1v) is 12.1. The van der Waals surface area contributed by atoms with Gasteiger partial charge < -0.3 is 4.90 Å². The van der Waals surface area contributed by atoms with Crippen LogP contribution >= 0.6 is 36.0 Å². The maximum Gasteiger partial charge on any atom is 0.0239 e. The van der Waals surface area contributed by atoms with Gasteiger partial charge in [0, 0.05) is 61.9 Å². The smallest absolute Gasteiger partial charge is 0.0239 e. The average Bonchev–Trinajstić information content (AvgIpc) is 2.60. The number of rotatable bonds is 6. The first-order valence-electron chi connectivity index (χ1n) is 9.71. The van der Waals surface area contributed by atoms with Crippen LogP contribution in [0.2, 0.25) is 0 Å². The van der Waals surface area contributed by atoms with E-state index >= 15 is 0 Å². The highest BCUT2D eigenvalue weighted by Crippen LogP contribution is 2.31. The summed E-state index contributed by atoms with van der Waals surface area (Å²) in [4.78, 5) is 2.46. The van der Waals surface area contributed by atoms with Crippen LogP contribution in [0.15, 0.2) is 0 Å². The van der Waals surface area contributed by atoms with E-state index in [4.69, 9.17) is 0 Å². The normalized spacial score (nSPS) is 27.4. The number of likely N-dealkylation sites (tertiary alicyclic amines) is 1. The van der Waals surface area contributed by atoms with Crippen LogP contribution in [-0.4, -0.2) is 106 Å². The van der Waals surface area contributed by atoms with Gasteiger partial charge in [0.25, 0.3) is 0 Å². The van der Waals surface area contributed by atoms with E-state index in [1.54, 1.807) is 0 Å². The van der Waals surface area contributed by atoms with Crippen LogP contribution in [0.5, 0.6) is 0 Å². The summed E-state index contributed by atoms with van der Waals surface area (Å²) < 4.78 is 10.1. The summed E-state index contributed by atoms with van der Waals surface area (Å²) in [7, 11) is 6.57. The molecule has 0 saturated carbocycles. The van der Waals surface area contributed by atoms with Crippen molar-refractivity contribution in [1.29, 1.82) is 0 Å². The van der Waals surface area contributed by atoms with Crippen molar-refractivity contribution in [3.63, 3.8) is 0 Å². The van der Waals surface area contributed by atoms with Crippen molar-refractivity contribution in [2.24, 2.45) is 0 Å². The van der Waals surface area contributed by atoms with Crippen molar-refractivity contribution < 1.29 is 0 Å². The van der Waals surface area contributed by atoms with Gasteiger partial charge in [0.1, 0.15) is 0 Å². The monoisotopic (exact) mass is 405 g/mol.